The third kappa shape index (κ3) is 4.65. The maximum absolute atomic E-state index is 3.79. The molecule has 1 fully saturated rings. The lowest BCUT2D eigenvalue weighted by Crippen LogP contribution is -2.45. The zero-order valence-corrected chi connectivity index (χ0v) is 12.8. The van der Waals surface area contributed by atoms with E-state index in [2.05, 4.69) is 37.9 Å². The Bertz CT molecular complexity index is 282. The Balaban J connectivity index is 2.62. The highest BCUT2D eigenvalue weighted by Gasteiger charge is 2.36. The van der Waals surface area contributed by atoms with Crippen LogP contribution < -0.4 is 5.32 Å². The van der Waals surface area contributed by atoms with Crippen LogP contribution in [0.4, 0.5) is 0 Å². The lowest BCUT2D eigenvalue weighted by Gasteiger charge is -2.43. The van der Waals surface area contributed by atoms with Gasteiger partial charge in [0.25, 0.3) is 0 Å². The summed E-state index contributed by atoms with van der Waals surface area (Å²) >= 11 is 0. The van der Waals surface area contributed by atoms with Crippen LogP contribution in [0.2, 0.25) is 0 Å². The molecule has 1 N–H and O–H groups in total. The fraction of sp³-hybridized carbons (Fsp3) is 0.882. The minimum atomic E-state index is 0.503. The summed E-state index contributed by atoms with van der Waals surface area (Å²) in [5.74, 6) is 7.09. The van der Waals surface area contributed by atoms with E-state index in [-0.39, 0.29) is 0 Å². The van der Waals surface area contributed by atoms with Gasteiger partial charge < -0.3 is 5.32 Å². The molecular weight excluding hydrogens is 218 g/mol. The molecule has 0 aromatic heterocycles. The van der Waals surface area contributed by atoms with Crippen molar-refractivity contribution in [1.29, 1.82) is 0 Å². The summed E-state index contributed by atoms with van der Waals surface area (Å²) in [4.78, 5) is 0. The molecule has 0 amide bonds. The number of rotatable bonds is 6. The van der Waals surface area contributed by atoms with Crippen LogP contribution in [-0.2, 0) is 0 Å². The van der Waals surface area contributed by atoms with Crippen LogP contribution in [-0.4, -0.2) is 12.6 Å². The zero-order chi connectivity index (χ0) is 13.4. The van der Waals surface area contributed by atoms with Crippen molar-refractivity contribution in [3.05, 3.63) is 0 Å². The lowest BCUT2D eigenvalue weighted by atomic mass is 9.65. The molecule has 0 aromatic carbocycles. The summed E-state index contributed by atoms with van der Waals surface area (Å²) in [6.45, 7) is 10.3. The van der Waals surface area contributed by atoms with Crippen molar-refractivity contribution in [2.45, 2.75) is 78.7 Å². The van der Waals surface area contributed by atoms with Crippen LogP contribution in [0.25, 0.3) is 0 Å². The van der Waals surface area contributed by atoms with Crippen LogP contribution >= 0.6 is 0 Å². The second-order valence-corrected chi connectivity index (χ2v) is 6.37. The van der Waals surface area contributed by atoms with E-state index in [1.54, 1.807) is 0 Å². The minimum absolute atomic E-state index is 0.503. The van der Waals surface area contributed by atoms with Crippen LogP contribution in [0.15, 0.2) is 0 Å². The minimum Gasteiger partial charge on any atom is -0.314 e. The first-order chi connectivity index (χ1) is 8.61. The summed E-state index contributed by atoms with van der Waals surface area (Å²) in [5.41, 5.74) is 0.503. The van der Waals surface area contributed by atoms with Crippen molar-refractivity contribution < 1.29 is 0 Å². The van der Waals surface area contributed by atoms with Gasteiger partial charge in [0.05, 0.1) is 0 Å². The first-order valence-electron chi connectivity index (χ1n) is 7.74. The van der Waals surface area contributed by atoms with E-state index in [4.69, 9.17) is 0 Å². The number of hydrogen-bond donors (Lipinski definition) is 1. The van der Waals surface area contributed by atoms with Crippen LogP contribution in [0.3, 0.4) is 0 Å². The molecule has 104 valence electrons. The van der Waals surface area contributed by atoms with Gasteiger partial charge in [-0.2, -0.15) is 0 Å². The molecule has 0 aromatic rings. The van der Waals surface area contributed by atoms with E-state index < -0.39 is 0 Å². The summed E-state index contributed by atoms with van der Waals surface area (Å²) in [7, 11) is 0. The fourth-order valence-electron chi connectivity index (χ4n) is 3.39. The Morgan fingerprint density at radius 2 is 2.11 bits per heavy atom. The molecule has 1 rings (SSSR count). The van der Waals surface area contributed by atoms with Gasteiger partial charge in [0.2, 0.25) is 0 Å². The van der Waals surface area contributed by atoms with Crippen molar-refractivity contribution in [2.75, 3.05) is 6.54 Å². The molecule has 0 radical (unpaired) electrons. The summed E-state index contributed by atoms with van der Waals surface area (Å²) < 4.78 is 0. The van der Waals surface area contributed by atoms with E-state index in [0.29, 0.717) is 11.5 Å². The average molecular weight is 249 g/mol. The van der Waals surface area contributed by atoms with E-state index in [0.717, 1.165) is 18.9 Å². The SMILES string of the molecule is CC#CCCC(NCCC)C1CCCCC1(C)C. The first kappa shape index (κ1) is 15.6. The summed E-state index contributed by atoms with van der Waals surface area (Å²) in [6, 6.07) is 0.668. The summed E-state index contributed by atoms with van der Waals surface area (Å²) in [6.07, 6.45) is 9.11. The quantitative estimate of drug-likeness (QED) is 0.689. The van der Waals surface area contributed by atoms with E-state index in [1.165, 1.54) is 38.5 Å². The summed E-state index contributed by atoms with van der Waals surface area (Å²) in [5, 5.41) is 3.79. The van der Waals surface area contributed by atoms with Gasteiger partial charge in [0, 0.05) is 12.5 Å². The van der Waals surface area contributed by atoms with Gasteiger partial charge in [-0.3, -0.25) is 0 Å². The largest absolute Gasteiger partial charge is 0.314 e. The molecule has 1 saturated carbocycles. The fourth-order valence-corrected chi connectivity index (χ4v) is 3.39. The molecular formula is C17H31N. The third-order valence-electron chi connectivity index (χ3n) is 4.49. The molecule has 2 atom stereocenters. The number of nitrogens with one attached hydrogen (secondary N) is 1. The smallest absolute Gasteiger partial charge is 0.0109 e. The molecule has 0 spiro atoms. The van der Waals surface area contributed by atoms with Gasteiger partial charge in [0.1, 0.15) is 0 Å². The maximum Gasteiger partial charge on any atom is 0.0109 e. The van der Waals surface area contributed by atoms with Gasteiger partial charge >= 0.3 is 0 Å². The predicted molar refractivity (Wildman–Crippen MR) is 80.5 cm³/mol. The zero-order valence-electron chi connectivity index (χ0n) is 12.8. The highest BCUT2D eigenvalue weighted by Crippen LogP contribution is 2.43. The lowest BCUT2D eigenvalue weighted by molar-refractivity contribution is 0.0953. The van der Waals surface area contributed by atoms with Crippen LogP contribution in [0.1, 0.15) is 72.6 Å². The molecule has 0 aliphatic heterocycles. The molecule has 0 bridgehead atoms. The normalized spacial score (nSPS) is 24.1. The van der Waals surface area contributed by atoms with Crippen molar-refractivity contribution in [2.24, 2.45) is 11.3 Å². The first-order valence-corrected chi connectivity index (χ1v) is 7.74. The van der Waals surface area contributed by atoms with Crippen molar-refractivity contribution >= 4 is 0 Å². The van der Waals surface area contributed by atoms with Crippen LogP contribution in [0, 0.1) is 23.2 Å². The average Bonchev–Trinajstić information content (AvgIpc) is 2.34. The molecule has 1 aliphatic carbocycles. The second-order valence-electron chi connectivity index (χ2n) is 6.37. The Hall–Kier alpha value is -0.480. The topological polar surface area (TPSA) is 12.0 Å². The molecule has 1 nitrogen and oxygen atoms in total. The Kier molecular flexibility index (Phi) is 6.79. The highest BCUT2D eigenvalue weighted by atomic mass is 14.9. The monoisotopic (exact) mass is 249 g/mol. The van der Waals surface area contributed by atoms with Crippen LogP contribution in [0.5, 0.6) is 0 Å². The van der Waals surface area contributed by atoms with Gasteiger partial charge in [-0.1, -0.05) is 33.6 Å². The molecule has 1 aliphatic rings. The van der Waals surface area contributed by atoms with Crippen molar-refractivity contribution in [3.8, 4) is 11.8 Å². The second kappa shape index (κ2) is 7.85. The molecule has 0 heterocycles. The van der Waals surface area contributed by atoms with Crippen molar-refractivity contribution in [1.82, 2.24) is 5.32 Å². The van der Waals surface area contributed by atoms with Gasteiger partial charge in [-0.15, -0.1) is 11.8 Å². The van der Waals surface area contributed by atoms with Gasteiger partial charge in [-0.05, 0) is 50.5 Å². The Morgan fingerprint density at radius 3 is 2.72 bits per heavy atom. The molecule has 0 saturated heterocycles. The maximum atomic E-state index is 3.79. The molecule has 1 heteroatoms. The Morgan fingerprint density at radius 1 is 1.33 bits per heavy atom. The third-order valence-corrected chi connectivity index (χ3v) is 4.49. The highest BCUT2D eigenvalue weighted by molar-refractivity contribution is 4.98. The molecule has 2 unspecified atom stereocenters. The molecule has 18 heavy (non-hydrogen) atoms. The van der Waals surface area contributed by atoms with E-state index in [9.17, 15) is 0 Å². The standard InChI is InChI=1S/C17H31N/c1-5-7-8-12-16(18-14-6-2)15-11-9-10-13-17(15,3)4/h15-16,18H,6,8-14H2,1-4H3. The van der Waals surface area contributed by atoms with Gasteiger partial charge in [0.15, 0.2) is 0 Å². The van der Waals surface area contributed by atoms with Gasteiger partial charge in [-0.25, -0.2) is 0 Å². The van der Waals surface area contributed by atoms with Crippen molar-refractivity contribution in [3.63, 3.8) is 0 Å². The Labute approximate surface area is 114 Å². The van der Waals surface area contributed by atoms with E-state index >= 15 is 0 Å². The van der Waals surface area contributed by atoms with E-state index in [1.807, 2.05) is 6.92 Å². The predicted octanol–water partition coefficient (Wildman–Crippen LogP) is 4.37. The number of hydrogen-bond acceptors (Lipinski definition) is 1.